The highest BCUT2D eigenvalue weighted by Gasteiger charge is 2.26. The molecule has 0 unspecified atom stereocenters. The van der Waals surface area contributed by atoms with Crippen LogP contribution in [0, 0.1) is 12.7 Å². The summed E-state index contributed by atoms with van der Waals surface area (Å²) in [7, 11) is 2.87. The molecular formula is C15H17F3N4O2. The topological polar surface area (TPSA) is 68.2 Å². The van der Waals surface area contributed by atoms with Gasteiger partial charge in [-0.3, -0.25) is 10.00 Å². The van der Waals surface area contributed by atoms with Gasteiger partial charge in [-0.15, -0.1) is 0 Å². The molecule has 6 nitrogen and oxygen atoms in total. The van der Waals surface area contributed by atoms with Crippen molar-refractivity contribution in [3.05, 3.63) is 41.3 Å². The van der Waals surface area contributed by atoms with Gasteiger partial charge in [0.15, 0.2) is 11.6 Å². The van der Waals surface area contributed by atoms with Gasteiger partial charge in [0.2, 0.25) is 0 Å². The summed E-state index contributed by atoms with van der Waals surface area (Å²) < 4.78 is 46.4. The lowest BCUT2D eigenvalue weighted by atomic mass is 10.1. The molecule has 2 rings (SSSR count). The molecule has 0 bridgehead atoms. The van der Waals surface area contributed by atoms with Crippen LogP contribution in [0.2, 0.25) is 0 Å². The zero-order chi connectivity index (χ0) is 17.9. The summed E-state index contributed by atoms with van der Waals surface area (Å²) >= 11 is 0. The van der Waals surface area contributed by atoms with Gasteiger partial charge in [0, 0.05) is 13.1 Å². The van der Waals surface area contributed by atoms with Crippen LogP contribution in [0.15, 0.2) is 24.3 Å². The molecule has 0 aliphatic heterocycles. The molecule has 0 aliphatic carbocycles. The summed E-state index contributed by atoms with van der Waals surface area (Å²) in [6, 6.07) is 2.48. The first-order valence-electron chi connectivity index (χ1n) is 7.01. The first kappa shape index (κ1) is 17.6. The number of hydrogen-bond acceptors (Lipinski definition) is 3. The Morgan fingerprint density at radius 1 is 1.33 bits per heavy atom. The van der Waals surface area contributed by atoms with Crippen LogP contribution in [0.3, 0.4) is 0 Å². The normalized spacial score (nSPS) is 12.1. The largest absolute Gasteiger partial charge is 0.494 e. The predicted molar refractivity (Wildman–Crippen MR) is 81.8 cm³/mol. The lowest BCUT2D eigenvalue weighted by Crippen LogP contribution is -2.36. The van der Waals surface area contributed by atoms with E-state index in [0.717, 1.165) is 6.07 Å². The average Bonchev–Trinajstić information content (AvgIpc) is 2.82. The van der Waals surface area contributed by atoms with Gasteiger partial charge >= 0.3 is 6.03 Å². The third-order valence-electron chi connectivity index (χ3n) is 3.32. The minimum atomic E-state index is -2.92. The number of methoxy groups -OCH3 is 1. The van der Waals surface area contributed by atoms with Crippen LogP contribution in [-0.4, -0.2) is 29.3 Å². The predicted octanol–water partition coefficient (Wildman–Crippen LogP) is 3.00. The molecule has 0 saturated carbocycles. The minimum absolute atomic E-state index is 0.0680. The van der Waals surface area contributed by atoms with Crippen LogP contribution in [0.4, 0.5) is 23.8 Å². The van der Waals surface area contributed by atoms with Crippen LogP contribution in [-0.2, 0) is 7.05 Å². The van der Waals surface area contributed by atoms with E-state index in [1.165, 1.54) is 23.9 Å². The highest BCUT2D eigenvalue weighted by Crippen LogP contribution is 2.26. The molecular weight excluding hydrogens is 325 g/mol. The van der Waals surface area contributed by atoms with Crippen molar-refractivity contribution in [2.75, 3.05) is 12.4 Å². The van der Waals surface area contributed by atoms with Gasteiger partial charge in [0.25, 0.3) is 6.43 Å². The Labute approximate surface area is 136 Å². The molecule has 2 N–H and O–H groups in total. The van der Waals surface area contributed by atoms with Crippen LogP contribution in [0.1, 0.15) is 17.3 Å². The van der Waals surface area contributed by atoms with Crippen molar-refractivity contribution in [2.45, 2.75) is 19.4 Å². The van der Waals surface area contributed by atoms with E-state index in [-0.39, 0.29) is 11.3 Å². The van der Waals surface area contributed by atoms with E-state index >= 15 is 0 Å². The van der Waals surface area contributed by atoms with Gasteiger partial charge in [-0.2, -0.15) is 5.10 Å². The van der Waals surface area contributed by atoms with Gasteiger partial charge in [0.1, 0.15) is 11.9 Å². The van der Waals surface area contributed by atoms with E-state index < -0.39 is 24.3 Å². The monoisotopic (exact) mass is 342 g/mol. The maximum atomic E-state index is 13.7. The number of amides is 2. The lowest BCUT2D eigenvalue weighted by Gasteiger charge is -2.19. The SMILES string of the molecule is COc1ccc([C@@H](NC(=O)Nc2cc(C)nn2C)C(F)F)cc1F. The Balaban J connectivity index is 2.15. The molecule has 2 aromatic rings. The van der Waals surface area contributed by atoms with Crippen molar-refractivity contribution in [3.8, 4) is 5.75 Å². The molecule has 0 radical (unpaired) electrons. The minimum Gasteiger partial charge on any atom is -0.494 e. The van der Waals surface area contributed by atoms with Crippen molar-refractivity contribution in [2.24, 2.45) is 7.05 Å². The Kier molecular flexibility index (Phi) is 5.32. The van der Waals surface area contributed by atoms with E-state index in [4.69, 9.17) is 4.74 Å². The van der Waals surface area contributed by atoms with Crippen molar-refractivity contribution in [1.29, 1.82) is 0 Å². The van der Waals surface area contributed by atoms with Crippen LogP contribution >= 0.6 is 0 Å². The number of nitrogens with one attached hydrogen (secondary N) is 2. The Morgan fingerprint density at radius 2 is 2.04 bits per heavy atom. The molecule has 2 amide bonds. The maximum Gasteiger partial charge on any atom is 0.321 e. The molecule has 0 saturated heterocycles. The molecule has 1 atom stereocenters. The summed E-state index contributed by atoms with van der Waals surface area (Å²) in [5.74, 6) is -0.509. The second-order valence-electron chi connectivity index (χ2n) is 5.10. The number of rotatable bonds is 5. The number of urea groups is 1. The number of hydrogen-bond donors (Lipinski definition) is 2. The Hall–Kier alpha value is -2.71. The summed E-state index contributed by atoms with van der Waals surface area (Å²) in [5, 5.41) is 8.59. The number of aryl methyl sites for hydroxylation is 2. The fourth-order valence-corrected chi connectivity index (χ4v) is 2.19. The molecule has 1 aromatic carbocycles. The first-order chi connectivity index (χ1) is 11.3. The lowest BCUT2D eigenvalue weighted by molar-refractivity contribution is 0.102. The quantitative estimate of drug-likeness (QED) is 0.878. The highest BCUT2D eigenvalue weighted by atomic mass is 19.3. The summed E-state index contributed by atoms with van der Waals surface area (Å²) in [6.45, 7) is 1.73. The second-order valence-corrected chi connectivity index (χ2v) is 5.10. The van der Waals surface area contributed by atoms with Crippen molar-refractivity contribution >= 4 is 11.8 Å². The summed E-state index contributed by atoms with van der Waals surface area (Å²) in [4.78, 5) is 12.0. The molecule has 1 heterocycles. The Morgan fingerprint density at radius 3 is 2.54 bits per heavy atom. The fourth-order valence-electron chi connectivity index (χ4n) is 2.19. The van der Waals surface area contributed by atoms with Gasteiger partial charge in [0.05, 0.1) is 12.8 Å². The molecule has 0 fully saturated rings. The number of ether oxygens (including phenoxy) is 1. The van der Waals surface area contributed by atoms with Gasteiger partial charge in [-0.1, -0.05) is 6.07 Å². The number of carbonyl (C=O) groups excluding carboxylic acids is 1. The standard InChI is InChI=1S/C15H17F3N4O2/c1-8-6-12(22(2)21-8)19-15(23)20-13(14(17)18)9-4-5-11(24-3)10(16)7-9/h4-7,13-14H,1-3H3,(H2,19,20,23)/t13-/m1/s1. The molecule has 9 heteroatoms. The van der Waals surface area contributed by atoms with Crippen molar-refractivity contribution < 1.29 is 22.7 Å². The second kappa shape index (κ2) is 7.24. The highest BCUT2D eigenvalue weighted by molar-refractivity contribution is 5.88. The van der Waals surface area contributed by atoms with Crippen molar-refractivity contribution in [3.63, 3.8) is 0 Å². The summed E-state index contributed by atoms with van der Waals surface area (Å²) in [6.07, 6.45) is -2.92. The molecule has 1 aromatic heterocycles. The Bertz CT molecular complexity index is 734. The molecule has 0 aliphatic rings. The fraction of sp³-hybridized carbons (Fsp3) is 0.333. The summed E-state index contributed by atoms with van der Waals surface area (Å²) in [5.41, 5.74) is 0.593. The third-order valence-corrected chi connectivity index (χ3v) is 3.32. The zero-order valence-corrected chi connectivity index (χ0v) is 13.3. The number of anilines is 1. The zero-order valence-electron chi connectivity index (χ0n) is 13.3. The average molecular weight is 342 g/mol. The van der Waals surface area contributed by atoms with E-state index in [2.05, 4.69) is 15.7 Å². The number of halogens is 3. The smallest absolute Gasteiger partial charge is 0.321 e. The first-order valence-corrected chi connectivity index (χ1v) is 7.01. The number of alkyl halides is 2. The van der Waals surface area contributed by atoms with E-state index in [9.17, 15) is 18.0 Å². The third kappa shape index (κ3) is 3.98. The van der Waals surface area contributed by atoms with Crippen LogP contribution < -0.4 is 15.4 Å². The molecule has 0 spiro atoms. The maximum absolute atomic E-state index is 13.7. The molecule has 24 heavy (non-hydrogen) atoms. The van der Waals surface area contributed by atoms with E-state index in [0.29, 0.717) is 11.5 Å². The van der Waals surface area contributed by atoms with Gasteiger partial charge in [-0.25, -0.2) is 18.0 Å². The van der Waals surface area contributed by atoms with Crippen LogP contribution in [0.25, 0.3) is 0 Å². The number of benzene rings is 1. The van der Waals surface area contributed by atoms with E-state index in [1.807, 2.05) is 0 Å². The number of nitrogens with zero attached hydrogens (tertiary/aromatic N) is 2. The van der Waals surface area contributed by atoms with Gasteiger partial charge < -0.3 is 10.1 Å². The van der Waals surface area contributed by atoms with Crippen molar-refractivity contribution in [1.82, 2.24) is 15.1 Å². The molecule has 130 valence electrons. The van der Waals surface area contributed by atoms with E-state index in [1.54, 1.807) is 20.0 Å². The van der Waals surface area contributed by atoms with Gasteiger partial charge in [-0.05, 0) is 24.6 Å². The number of aromatic nitrogens is 2. The van der Waals surface area contributed by atoms with Crippen LogP contribution in [0.5, 0.6) is 5.75 Å². The number of carbonyl (C=O) groups is 1.